The van der Waals surface area contributed by atoms with Gasteiger partial charge in [-0.05, 0) is 31.9 Å². The largest absolute Gasteiger partial charge is 0.394 e. The maximum atomic E-state index is 12.3. The van der Waals surface area contributed by atoms with Crippen LogP contribution >= 0.6 is 0 Å². The Labute approximate surface area is 124 Å². The van der Waals surface area contributed by atoms with Gasteiger partial charge in [-0.3, -0.25) is 4.79 Å². The number of hydrogen-bond donors (Lipinski definition) is 2. The normalized spacial score (nSPS) is 12.0. The van der Waals surface area contributed by atoms with Crippen molar-refractivity contribution in [2.45, 2.75) is 26.3 Å². The lowest BCUT2D eigenvalue weighted by atomic mass is 10.1. The van der Waals surface area contributed by atoms with Crippen LogP contribution in [0.5, 0.6) is 0 Å². The molecule has 1 atom stereocenters. The Kier molecular flexibility index (Phi) is 5.00. The van der Waals surface area contributed by atoms with E-state index in [1.165, 1.54) is 0 Å². The van der Waals surface area contributed by atoms with Crippen molar-refractivity contribution in [3.8, 4) is 0 Å². The highest BCUT2D eigenvalue weighted by Crippen LogP contribution is 2.07. The Hall–Kier alpha value is -2.27. The summed E-state index contributed by atoms with van der Waals surface area (Å²) in [6, 6.07) is 11.1. The van der Waals surface area contributed by atoms with Crippen molar-refractivity contribution in [3.05, 3.63) is 58.9 Å². The predicted octanol–water partition coefficient (Wildman–Crippen LogP) is 1.43. The second kappa shape index (κ2) is 6.95. The molecule has 5 heteroatoms. The number of aryl methyl sites for hydroxylation is 2. The van der Waals surface area contributed by atoms with Gasteiger partial charge in [0.05, 0.1) is 29.6 Å². The zero-order valence-electron chi connectivity index (χ0n) is 12.2. The van der Waals surface area contributed by atoms with Gasteiger partial charge in [0.1, 0.15) is 0 Å². The Morgan fingerprint density at radius 2 is 1.95 bits per heavy atom. The van der Waals surface area contributed by atoms with Crippen molar-refractivity contribution < 1.29 is 9.90 Å². The highest BCUT2D eigenvalue weighted by atomic mass is 16.3. The number of amides is 1. The second-order valence-corrected chi connectivity index (χ2v) is 5.03. The topological polar surface area (TPSA) is 75.1 Å². The molecule has 5 nitrogen and oxygen atoms in total. The summed E-state index contributed by atoms with van der Waals surface area (Å²) in [5.41, 5.74) is 2.83. The molecule has 2 rings (SSSR count). The van der Waals surface area contributed by atoms with Crippen LogP contribution in [-0.4, -0.2) is 33.9 Å². The Bertz CT molecular complexity index is 614. The molecule has 0 radical (unpaired) electrons. The molecule has 2 aromatic rings. The summed E-state index contributed by atoms with van der Waals surface area (Å²) in [6.07, 6.45) is 0.583. The first-order valence-corrected chi connectivity index (χ1v) is 6.86. The molecule has 110 valence electrons. The molecular formula is C16H19N3O2. The van der Waals surface area contributed by atoms with Gasteiger partial charge < -0.3 is 10.4 Å². The Morgan fingerprint density at radius 3 is 2.62 bits per heavy atom. The smallest absolute Gasteiger partial charge is 0.253 e. The minimum Gasteiger partial charge on any atom is -0.394 e. The second-order valence-electron chi connectivity index (χ2n) is 5.03. The van der Waals surface area contributed by atoms with Gasteiger partial charge in [0.25, 0.3) is 5.91 Å². The molecule has 2 N–H and O–H groups in total. The number of benzene rings is 1. The highest BCUT2D eigenvalue weighted by Gasteiger charge is 2.16. The quantitative estimate of drug-likeness (QED) is 0.871. The average molecular weight is 285 g/mol. The fourth-order valence-electron chi connectivity index (χ4n) is 2.10. The van der Waals surface area contributed by atoms with E-state index in [4.69, 9.17) is 0 Å². The van der Waals surface area contributed by atoms with E-state index in [1.807, 2.05) is 30.3 Å². The summed E-state index contributed by atoms with van der Waals surface area (Å²) in [6.45, 7) is 3.42. The Morgan fingerprint density at radius 1 is 1.24 bits per heavy atom. The van der Waals surface area contributed by atoms with Crippen molar-refractivity contribution in [1.29, 1.82) is 0 Å². The van der Waals surface area contributed by atoms with Crippen LogP contribution in [0, 0.1) is 13.8 Å². The average Bonchev–Trinajstić information content (AvgIpc) is 2.50. The summed E-state index contributed by atoms with van der Waals surface area (Å²) in [7, 11) is 0. The van der Waals surface area contributed by atoms with E-state index in [-0.39, 0.29) is 18.6 Å². The van der Waals surface area contributed by atoms with Gasteiger partial charge in [-0.25, -0.2) is 0 Å². The monoisotopic (exact) mass is 285 g/mol. The van der Waals surface area contributed by atoms with Crippen LogP contribution in [0.2, 0.25) is 0 Å². The van der Waals surface area contributed by atoms with Gasteiger partial charge in [0.2, 0.25) is 0 Å². The van der Waals surface area contributed by atoms with Crippen LogP contribution in [0.25, 0.3) is 0 Å². The van der Waals surface area contributed by atoms with Crippen LogP contribution in [-0.2, 0) is 6.42 Å². The SMILES string of the molecule is Cc1cc(C(=O)NC(CO)Cc2ccccc2)c(C)nn1. The fourth-order valence-corrected chi connectivity index (χ4v) is 2.10. The zero-order chi connectivity index (χ0) is 15.2. The lowest BCUT2D eigenvalue weighted by Gasteiger charge is -2.17. The zero-order valence-corrected chi connectivity index (χ0v) is 12.2. The minimum atomic E-state index is -0.326. The van der Waals surface area contributed by atoms with Crippen LogP contribution in [0.3, 0.4) is 0 Å². The molecule has 0 bridgehead atoms. The van der Waals surface area contributed by atoms with E-state index in [0.717, 1.165) is 5.56 Å². The summed E-state index contributed by atoms with van der Waals surface area (Å²) < 4.78 is 0. The number of carbonyl (C=O) groups excluding carboxylic acids is 1. The van der Waals surface area contributed by atoms with Gasteiger partial charge in [0, 0.05) is 0 Å². The third-order valence-electron chi connectivity index (χ3n) is 3.23. The third kappa shape index (κ3) is 4.10. The number of aliphatic hydroxyl groups is 1. The molecule has 0 spiro atoms. The van der Waals surface area contributed by atoms with E-state index >= 15 is 0 Å². The summed E-state index contributed by atoms with van der Waals surface area (Å²) >= 11 is 0. The molecule has 21 heavy (non-hydrogen) atoms. The number of aromatic nitrogens is 2. The van der Waals surface area contributed by atoms with Gasteiger partial charge in [-0.1, -0.05) is 30.3 Å². The van der Waals surface area contributed by atoms with Crippen LogP contribution in [0.15, 0.2) is 36.4 Å². The molecule has 1 aromatic heterocycles. The van der Waals surface area contributed by atoms with Crippen molar-refractivity contribution in [1.82, 2.24) is 15.5 Å². The van der Waals surface area contributed by atoms with Crippen molar-refractivity contribution in [3.63, 3.8) is 0 Å². The maximum Gasteiger partial charge on any atom is 0.253 e. The number of carbonyl (C=O) groups is 1. The molecule has 0 aliphatic heterocycles. The number of aliphatic hydroxyl groups excluding tert-OH is 1. The van der Waals surface area contributed by atoms with Gasteiger partial charge in [-0.2, -0.15) is 10.2 Å². The number of nitrogens with one attached hydrogen (secondary N) is 1. The number of hydrogen-bond acceptors (Lipinski definition) is 4. The minimum absolute atomic E-state index is 0.114. The third-order valence-corrected chi connectivity index (χ3v) is 3.23. The molecule has 0 aliphatic carbocycles. The van der Waals surface area contributed by atoms with Gasteiger partial charge in [-0.15, -0.1) is 0 Å². The van der Waals surface area contributed by atoms with Crippen LogP contribution < -0.4 is 5.32 Å². The van der Waals surface area contributed by atoms with Crippen molar-refractivity contribution >= 4 is 5.91 Å². The van der Waals surface area contributed by atoms with Gasteiger partial charge in [0.15, 0.2) is 0 Å². The first-order chi connectivity index (χ1) is 10.1. The first-order valence-electron chi connectivity index (χ1n) is 6.86. The van der Waals surface area contributed by atoms with E-state index in [9.17, 15) is 9.90 Å². The molecule has 1 unspecified atom stereocenters. The summed E-state index contributed by atoms with van der Waals surface area (Å²) in [5, 5.41) is 20.2. The number of rotatable bonds is 5. The fraction of sp³-hybridized carbons (Fsp3) is 0.312. The first kappa shape index (κ1) is 15.1. The lowest BCUT2D eigenvalue weighted by molar-refractivity contribution is 0.0915. The van der Waals surface area contributed by atoms with Crippen molar-refractivity contribution in [2.75, 3.05) is 6.61 Å². The molecule has 0 aliphatic rings. The van der Waals surface area contributed by atoms with E-state index in [1.54, 1.807) is 19.9 Å². The van der Waals surface area contributed by atoms with E-state index in [0.29, 0.717) is 23.4 Å². The maximum absolute atomic E-state index is 12.3. The van der Waals surface area contributed by atoms with Gasteiger partial charge >= 0.3 is 0 Å². The van der Waals surface area contributed by atoms with Crippen LogP contribution in [0.1, 0.15) is 27.3 Å². The summed E-state index contributed by atoms with van der Waals surface area (Å²) in [4.78, 5) is 12.3. The van der Waals surface area contributed by atoms with E-state index < -0.39 is 0 Å². The molecular weight excluding hydrogens is 266 g/mol. The molecule has 0 saturated carbocycles. The predicted molar refractivity (Wildman–Crippen MR) is 80.0 cm³/mol. The highest BCUT2D eigenvalue weighted by molar-refractivity contribution is 5.95. The lowest BCUT2D eigenvalue weighted by Crippen LogP contribution is -2.39. The number of nitrogens with zero attached hydrogens (tertiary/aromatic N) is 2. The molecule has 1 aromatic carbocycles. The van der Waals surface area contributed by atoms with Crippen LogP contribution in [0.4, 0.5) is 0 Å². The Balaban J connectivity index is 2.07. The summed E-state index contributed by atoms with van der Waals surface area (Å²) in [5.74, 6) is -0.236. The molecule has 1 heterocycles. The molecule has 0 fully saturated rings. The molecule has 0 saturated heterocycles. The standard InChI is InChI=1S/C16H19N3O2/c1-11-8-15(12(2)19-18-11)16(21)17-14(10-20)9-13-6-4-3-5-7-13/h3-8,14,20H,9-10H2,1-2H3,(H,17,21). The molecule has 1 amide bonds. The van der Waals surface area contributed by atoms with E-state index in [2.05, 4.69) is 15.5 Å². The van der Waals surface area contributed by atoms with Crippen molar-refractivity contribution in [2.24, 2.45) is 0 Å².